The zero-order chi connectivity index (χ0) is 22.5. The van der Waals surface area contributed by atoms with Crippen molar-refractivity contribution in [2.45, 2.75) is 13.5 Å². The second kappa shape index (κ2) is 9.53. The Kier molecular flexibility index (Phi) is 6.37. The minimum atomic E-state index is -0.616. The van der Waals surface area contributed by atoms with E-state index in [2.05, 4.69) is 10.1 Å². The van der Waals surface area contributed by atoms with Crippen LogP contribution in [-0.4, -0.2) is 22.5 Å². The predicted molar refractivity (Wildman–Crippen MR) is 125 cm³/mol. The summed E-state index contributed by atoms with van der Waals surface area (Å²) in [6.07, 6.45) is 1.42. The van der Waals surface area contributed by atoms with Gasteiger partial charge in [0.2, 0.25) is 0 Å². The molecule has 32 heavy (non-hydrogen) atoms. The molecule has 1 N–H and O–H groups in total. The van der Waals surface area contributed by atoms with E-state index >= 15 is 0 Å². The number of nitrogens with zero attached hydrogens (tertiary/aromatic N) is 2. The quantitative estimate of drug-likeness (QED) is 0.428. The molecule has 162 valence electrons. The molecule has 0 saturated carbocycles. The Morgan fingerprint density at radius 1 is 1.00 bits per heavy atom. The molecule has 7 nitrogen and oxygen atoms in total. The van der Waals surface area contributed by atoms with Gasteiger partial charge in [-0.2, -0.15) is 5.10 Å². The first-order valence-electron chi connectivity index (χ1n) is 9.98. The van der Waals surface area contributed by atoms with Crippen molar-refractivity contribution in [3.63, 3.8) is 0 Å². The highest BCUT2D eigenvalue weighted by Gasteiger charge is 2.09. The molecule has 0 radical (unpaired) electrons. The van der Waals surface area contributed by atoms with Gasteiger partial charge in [-0.25, -0.2) is 4.79 Å². The molecule has 0 aliphatic carbocycles. The third-order valence-electron chi connectivity index (χ3n) is 4.71. The van der Waals surface area contributed by atoms with Gasteiger partial charge in [0, 0.05) is 10.6 Å². The Morgan fingerprint density at radius 2 is 1.78 bits per heavy atom. The number of fused-ring (bicyclic) bond motifs is 1. The molecular weight excluding hydrogens is 430 g/mol. The maximum atomic E-state index is 12.6. The van der Waals surface area contributed by atoms with Gasteiger partial charge < -0.3 is 14.5 Å². The normalized spacial score (nSPS) is 11.2. The molecule has 0 unspecified atom stereocenters. The fourth-order valence-electron chi connectivity index (χ4n) is 3.15. The van der Waals surface area contributed by atoms with Gasteiger partial charge in [-0.05, 0) is 48.9 Å². The standard InChI is InChI=1S/C24H20ClN3O4/c1-2-31-22-13-16(11-12-21(22)32-15-17-7-3-5-9-19(17)25)14-26-28-23(29)18-8-4-6-10-20(18)27-24(28)30/h3-14H,2,15H2,1H3,(H,27,30). The average Bonchev–Trinajstić information content (AvgIpc) is 2.79. The van der Waals surface area contributed by atoms with Crippen molar-refractivity contribution in [2.24, 2.45) is 5.10 Å². The lowest BCUT2D eigenvalue weighted by Crippen LogP contribution is -2.32. The zero-order valence-corrected chi connectivity index (χ0v) is 18.0. The van der Waals surface area contributed by atoms with Gasteiger partial charge in [0.05, 0.1) is 23.7 Å². The molecule has 1 heterocycles. The topological polar surface area (TPSA) is 85.7 Å². The first-order chi connectivity index (χ1) is 15.6. The highest BCUT2D eigenvalue weighted by molar-refractivity contribution is 6.31. The van der Waals surface area contributed by atoms with Crippen molar-refractivity contribution in [1.82, 2.24) is 9.66 Å². The van der Waals surface area contributed by atoms with Gasteiger partial charge in [-0.1, -0.05) is 41.9 Å². The largest absolute Gasteiger partial charge is 0.490 e. The van der Waals surface area contributed by atoms with Crippen LogP contribution in [0, 0.1) is 0 Å². The van der Waals surface area contributed by atoms with Crippen molar-refractivity contribution < 1.29 is 9.47 Å². The Balaban J connectivity index is 1.61. The van der Waals surface area contributed by atoms with Crippen molar-refractivity contribution >= 4 is 28.7 Å². The summed E-state index contributed by atoms with van der Waals surface area (Å²) in [5, 5.41) is 5.09. The molecule has 0 aliphatic heterocycles. The minimum absolute atomic E-state index is 0.287. The summed E-state index contributed by atoms with van der Waals surface area (Å²) in [7, 11) is 0. The van der Waals surface area contributed by atoms with Crippen LogP contribution in [0.4, 0.5) is 0 Å². The van der Waals surface area contributed by atoms with E-state index < -0.39 is 11.2 Å². The molecule has 0 saturated heterocycles. The van der Waals surface area contributed by atoms with E-state index in [9.17, 15) is 9.59 Å². The monoisotopic (exact) mass is 449 g/mol. The molecule has 4 aromatic rings. The molecular formula is C24H20ClN3O4. The Hall–Kier alpha value is -3.84. The Bertz CT molecular complexity index is 1410. The lowest BCUT2D eigenvalue weighted by Gasteiger charge is -2.13. The maximum Gasteiger partial charge on any atom is 0.349 e. The zero-order valence-electron chi connectivity index (χ0n) is 17.2. The van der Waals surface area contributed by atoms with E-state index in [0.717, 1.165) is 10.2 Å². The van der Waals surface area contributed by atoms with Crippen LogP contribution in [0.3, 0.4) is 0 Å². The molecule has 0 atom stereocenters. The minimum Gasteiger partial charge on any atom is -0.490 e. The van der Waals surface area contributed by atoms with Crippen LogP contribution in [0.5, 0.6) is 11.5 Å². The summed E-state index contributed by atoms with van der Waals surface area (Å²) in [6.45, 7) is 2.59. The van der Waals surface area contributed by atoms with E-state index in [-0.39, 0.29) is 6.61 Å². The number of hydrogen-bond donors (Lipinski definition) is 1. The van der Waals surface area contributed by atoms with Crippen LogP contribution in [-0.2, 0) is 6.61 Å². The van der Waals surface area contributed by atoms with Crippen molar-refractivity contribution in [2.75, 3.05) is 6.61 Å². The Labute approximate surface area is 188 Å². The van der Waals surface area contributed by atoms with Gasteiger partial charge in [-0.3, -0.25) is 4.79 Å². The number of ether oxygens (including phenoxy) is 2. The second-order valence-corrected chi connectivity index (χ2v) is 7.26. The van der Waals surface area contributed by atoms with Gasteiger partial charge >= 0.3 is 5.69 Å². The summed E-state index contributed by atoms with van der Waals surface area (Å²) in [6, 6.07) is 19.5. The number of hydrogen-bond acceptors (Lipinski definition) is 5. The van der Waals surface area contributed by atoms with Crippen LogP contribution >= 0.6 is 11.6 Å². The number of halogens is 1. The number of nitrogens with one attached hydrogen (secondary N) is 1. The van der Waals surface area contributed by atoms with E-state index in [1.807, 2.05) is 25.1 Å². The third kappa shape index (κ3) is 4.58. The summed E-state index contributed by atoms with van der Waals surface area (Å²) in [4.78, 5) is 27.6. The number of rotatable bonds is 7. The van der Waals surface area contributed by atoms with Gasteiger partial charge in [0.1, 0.15) is 6.61 Å². The molecule has 4 rings (SSSR count). The van der Waals surface area contributed by atoms with Crippen molar-refractivity contribution in [3.05, 3.63) is 104 Å². The summed E-state index contributed by atoms with van der Waals surface area (Å²) in [5.41, 5.74) is 0.850. The first-order valence-corrected chi connectivity index (χ1v) is 10.4. The SMILES string of the molecule is CCOc1cc(C=Nn2c(=O)[nH]c3ccccc3c2=O)ccc1OCc1ccccc1Cl. The molecule has 8 heteroatoms. The van der Waals surface area contributed by atoms with Gasteiger partial charge in [0.25, 0.3) is 5.56 Å². The van der Waals surface area contributed by atoms with E-state index in [1.165, 1.54) is 6.21 Å². The smallest absolute Gasteiger partial charge is 0.349 e. The highest BCUT2D eigenvalue weighted by Crippen LogP contribution is 2.29. The van der Waals surface area contributed by atoms with Crippen LogP contribution < -0.4 is 20.7 Å². The third-order valence-corrected chi connectivity index (χ3v) is 5.08. The molecule has 0 amide bonds. The van der Waals surface area contributed by atoms with Crippen LogP contribution in [0.15, 0.2) is 81.4 Å². The molecule has 0 bridgehead atoms. The highest BCUT2D eigenvalue weighted by atomic mass is 35.5. The van der Waals surface area contributed by atoms with Crippen LogP contribution in [0.2, 0.25) is 5.02 Å². The summed E-state index contributed by atoms with van der Waals surface area (Å²) >= 11 is 6.19. The van der Waals surface area contributed by atoms with Crippen molar-refractivity contribution in [1.29, 1.82) is 0 Å². The molecule has 0 spiro atoms. The average molecular weight is 450 g/mol. The number of benzene rings is 3. The number of para-hydroxylation sites is 1. The van der Waals surface area contributed by atoms with Gasteiger partial charge in [-0.15, -0.1) is 4.68 Å². The number of aromatic nitrogens is 2. The lowest BCUT2D eigenvalue weighted by molar-refractivity contribution is 0.269. The molecule has 3 aromatic carbocycles. The van der Waals surface area contributed by atoms with Crippen molar-refractivity contribution in [3.8, 4) is 11.5 Å². The molecule has 0 aliphatic rings. The van der Waals surface area contributed by atoms with E-state index in [1.54, 1.807) is 48.5 Å². The number of H-pyrrole nitrogens is 1. The molecule has 0 fully saturated rings. The second-order valence-electron chi connectivity index (χ2n) is 6.86. The molecule has 1 aromatic heterocycles. The summed E-state index contributed by atoms with van der Waals surface area (Å²) < 4.78 is 12.4. The maximum absolute atomic E-state index is 12.6. The Morgan fingerprint density at radius 3 is 2.59 bits per heavy atom. The summed E-state index contributed by atoms with van der Waals surface area (Å²) in [5.74, 6) is 1.06. The van der Waals surface area contributed by atoms with Crippen LogP contribution in [0.25, 0.3) is 10.9 Å². The predicted octanol–water partition coefficient (Wildman–Crippen LogP) is 4.20. The van der Waals surface area contributed by atoms with E-state index in [4.69, 9.17) is 21.1 Å². The van der Waals surface area contributed by atoms with E-state index in [0.29, 0.717) is 39.6 Å². The fourth-order valence-corrected chi connectivity index (χ4v) is 3.34. The van der Waals surface area contributed by atoms with Gasteiger partial charge in [0.15, 0.2) is 11.5 Å². The first kappa shape index (κ1) is 21.4. The number of aromatic amines is 1. The fraction of sp³-hybridized carbons (Fsp3) is 0.125. The van der Waals surface area contributed by atoms with Crippen LogP contribution in [0.1, 0.15) is 18.1 Å². The lowest BCUT2D eigenvalue weighted by atomic mass is 10.2.